The summed E-state index contributed by atoms with van der Waals surface area (Å²) in [6.45, 7) is 3.19. The molecule has 0 spiro atoms. The van der Waals surface area contributed by atoms with Gasteiger partial charge in [-0.2, -0.15) is 5.26 Å². The zero-order valence-electron chi connectivity index (χ0n) is 25.8. The highest BCUT2D eigenvalue weighted by molar-refractivity contribution is 5.96. The number of aldehydes is 1. The van der Waals surface area contributed by atoms with Crippen LogP contribution in [0.2, 0.25) is 0 Å². The lowest BCUT2D eigenvalue weighted by Gasteiger charge is -2.34. The molecule has 1 amide bonds. The van der Waals surface area contributed by atoms with Crippen molar-refractivity contribution in [1.82, 2.24) is 29.3 Å². The Labute approximate surface area is 276 Å². The summed E-state index contributed by atoms with van der Waals surface area (Å²) in [7, 11) is 0. The van der Waals surface area contributed by atoms with E-state index in [0.29, 0.717) is 84.2 Å². The second-order valence-corrected chi connectivity index (χ2v) is 11.5. The second-order valence-electron chi connectivity index (χ2n) is 11.5. The van der Waals surface area contributed by atoms with E-state index < -0.39 is 0 Å². The van der Waals surface area contributed by atoms with Gasteiger partial charge in [0.1, 0.15) is 17.1 Å². The van der Waals surface area contributed by atoms with E-state index in [9.17, 15) is 20.0 Å². The van der Waals surface area contributed by atoms with Gasteiger partial charge in [-0.3, -0.25) is 19.1 Å². The molecule has 7 rings (SSSR count). The molecule has 11 heteroatoms. The van der Waals surface area contributed by atoms with Crippen LogP contribution < -0.4 is 5.73 Å². The summed E-state index contributed by atoms with van der Waals surface area (Å²) in [6, 6.07) is 29.7. The lowest BCUT2D eigenvalue weighted by Crippen LogP contribution is -2.48. The summed E-state index contributed by atoms with van der Waals surface area (Å²) in [4.78, 5) is 42.3. The van der Waals surface area contributed by atoms with Gasteiger partial charge in [0.2, 0.25) is 0 Å². The number of benzene rings is 3. The zero-order valence-corrected chi connectivity index (χ0v) is 25.8. The van der Waals surface area contributed by atoms with E-state index in [-0.39, 0.29) is 17.2 Å². The summed E-state index contributed by atoms with van der Waals surface area (Å²) in [5.41, 5.74) is 12.7. The van der Waals surface area contributed by atoms with Crippen molar-refractivity contribution in [3.05, 3.63) is 119 Å². The molecule has 0 aliphatic carbocycles. The first kappa shape index (κ1) is 30.3. The van der Waals surface area contributed by atoms with Crippen molar-refractivity contribution in [1.29, 1.82) is 5.26 Å². The van der Waals surface area contributed by atoms with Gasteiger partial charge in [-0.15, -0.1) is 0 Å². The van der Waals surface area contributed by atoms with E-state index >= 15 is 0 Å². The maximum Gasteiger partial charge on any atom is 0.254 e. The molecule has 3 aromatic carbocycles. The average Bonchev–Trinajstić information content (AvgIpc) is 3.50. The van der Waals surface area contributed by atoms with Gasteiger partial charge in [0, 0.05) is 55.7 Å². The molecule has 48 heavy (non-hydrogen) atoms. The summed E-state index contributed by atoms with van der Waals surface area (Å²) in [6.07, 6.45) is 2.20. The zero-order chi connectivity index (χ0) is 33.2. The number of rotatable bonds is 7. The van der Waals surface area contributed by atoms with Crippen LogP contribution in [0.5, 0.6) is 5.75 Å². The number of hydrogen-bond acceptors (Lipinski definition) is 9. The highest BCUT2D eigenvalue weighted by Gasteiger charge is 2.24. The SMILES string of the molecule is N#Cc1ccccc1-c1ccc2nc(-c3cccnc3N)n(-c3ccc(CN4CCN(C(=O)c5ccc(C=O)c(O)c5)CC4)cc3)c2n1. The van der Waals surface area contributed by atoms with E-state index in [4.69, 9.17) is 15.7 Å². The number of carbonyl (C=O) groups is 2. The number of carbonyl (C=O) groups excluding carboxylic acids is 2. The fourth-order valence-corrected chi connectivity index (χ4v) is 6.02. The molecular formula is C37H30N8O3. The van der Waals surface area contributed by atoms with Gasteiger partial charge in [0.15, 0.2) is 17.8 Å². The molecule has 3 N–H and O–H groups in total. The number of nitrogen functional groups attached to an aromatic ring is 1. The Bertz CT molecular complexity index is 2210. The number of amides is 1. The van der Waals surface area contributed by atoms with Gasteiger partial charge >= 0.3 is 0 Å². The van der Waals surface area contributed by atoms with Gasteiger partial charge in [0.25, 0.3) is 5.91 Å². The highest BCUT2D eigenvalue weighted by atomic mass is 16.3. The van der Waals surface area contributed by atoms with Crippen LogP contribution in [0.3, 0.4) is 0 Å². The summed E-state index contributed by atoms with van der Waals surface area (Å²) in [5, 5.41) is 19.7. The van der Waals surface area contributed by atoms with Crippen molar-refractivity contribution >= 4 is 29.2 Å². The Morgan fingerprint density at radius 1 is 0.917 bits per heavy atom. The molecule has 236 valence electrons. The van der Waals surface area contributed by atoms with Crippen LogP contribution in [0.15, 0.2) is 97.2 Å². The standard InChI is InChI=1S/C37H30N8O3/c38-21-26-4-1-2-5-29(26)31-13-14-32-36(41-31)45(35(42-32)30-6-3-15-40-34(30)39)28-11-7-24(8-12-28)22-43-16-18-44(19-17-43)37(48)25-9-10-27(23-46)33(47)20-25/h1-15,20,23,47H,16-19,22H2,(H2,39,40). The smallest absolute Gasteiger partial charge is 0.254 e. The first-order valence-corrected chi connectivity index (χ1v) is 15.4. The third-order valence-electron chi connectivity index (χ3n) is 8.57. The minimum atomic E-state index is -0.196. The van der Waals surface area contributed by atoms with Gasteiger partial charge in [0.05, 0.1) is 28.5 Å². The summed E-state index contributed by atoms with van der Waals surface area (Å²) >= 11 is 0. The van der Waals surface area contributed by atoms with Crippen molar-refractivity contribution in [2.75, 3.05) is 31.9 Å². The highest BCUT2D eigenvalue weighted by Crippen LogP contribution is 2.32. The quantitative estimate of drug-likeness (QED) is 0.229. The van der Waals surface area contributed by atoms with Crippen molar-refractivity contribution in [2.24, 2.45) is 0 Å². The van der Waals surface area contributed by atoms with Crippen LogP contribution in [0.25, 0.3) is 39.5 Å². The number of nitriles is 1. The molecule has 0 radical (unpaired) electrons. The third kappa shape index (κ3) is 5.72. The number of imidazole rings is 1. The second kappa shape index (κ2) is 12.8. The first-order valence-electron chi connectivity index (χ1n) is 15.4. The molecule has 0 atom stereocenters. The number of anilines is 1. The van der Waals surface area contributed by atoms with Crippen molar-refractivity contribution in [3.63, 3.8) is 0 Å². The molecule has 1 fully saturated rings. The Morgan fingerprint density at radius 2 is 1.69 bits per heavy atom. The minimum Gasteiger partial charge on any atom is -0.507 e. The monoisotopic (exact) mass is 634 g/mol. The number of nitrogens with zero attached hydrogens (tertiary/aromatic N) is 7. The Hall–Kier alpha value is -6.38. The molecule has 6 aromatic rings. The molecule has 0 unspecified atom stereocenters. The number of aromatic nitrogens is 4. The molecule has 11 nitrogen and oxygen atoms in total. The van der Waals surface area contributed by atoms with Crippen LogP contribution in [0, 0.1) is 11.3 Å². The topological polar surface area (TPSA) is 154 Å². The number of aromatic hydroxyl groups is 1. The fraction of sp³-hybridized carbons (Fsp3) is 0.135. The van der Waals surface area contributed by atoms with Gasteiger partial charge in [-0.1, -0.05) is 30.3 Å². The third-order valence-corrected chi connectivity index (χ3v) is 8.57. The van der Waals surface area contributed by atoms with E-state index in [1.807, 2.05) is 59.2 Å². The Kier molecular flexibility index (Phi) is 8.07. The van der Waals surface area contributed by atoms with E-state index in [1.54, 1.807) is 23.2 Å². The number of pyridine rings is 2. The van der Waals surface area contributed by atoms with Crippen LogP contribution in [-0.2, 0) is 6.54 Å². The lowest BCUT2D eigenvalue weighted by molar-refractivity contribution is 0.0628. The average molecular weight is 635 g/mol. The molecule has 4 heterocycles. The largest absolute Gasteiger partial charge is 0.507 e. The number of phenols is 1. The maximum atomic E-state index is 13.0. The van der Waals surface area contributed by atoms with E-state index in [2.05, 4.69) is 28.1 Å². The van der Waals surface area contributed by atoms with Crippen LogP contribution >= 0.6 is 0 Å². The van der Waals surface area contributed by atoms with Gasteiger partial charge in [-0.05, 0) is 66.2 Å². The van der Waals surface area contributed by atoms with Crippen LogP contribution in [0.1, 0.15) is 31.8 Å². The molecule has 0 bridgehead atoms. The van der Waals surface area contributed by atoms with Crippen LogP contribution in [-0.4, -0.2) is 72.8 Å². The molecule has 1 saturated heterocycles. The first-order chi connectivity index (χ1) is 23.4. The molecule has 3 aromatic heterocycles. The summed E-state index contributed by atoms with van der Waals surface area (Å²) in [5.74, 6) is 0.597. The number of hydrogen-bond donors (Lipinski definition) is 2. The van der Waals surface area contributed by atoms with Crippen LogP contribution in [0.4, 0.5) is 5.82 Å². The van der Waals surface area contributed by atoms with Crippen molar-refractivity contribution in [2.45, 2.75) is 6.54 Å². The van der Waals surface area contributed by atoms with Gasteiger partial charge in [-0.25, -0.2) is 15.0 Å². The minimum absolute atomic E-state index is 0.156. The number of phenolic OH excluding ortho intramolecular Hbond substituents is 1. The molecule has 1 aliphatic heterocycles. The normalized spacial score (nSPS) is 13.4. The van der Waals surface area contributed by atoms with E-state index in [0.717, 1.165) is 16.8 Å². The number of nitrogens with two attached hydrogens (primary N) is 1. The number of fused-ring (bicyclic) bond motifs is 1. The fourth-order valence-electron chi connectivity index (χ4n) is 6.02. The predicted octanol–water partition coefficient (Wildman–Crippen LogP) is 5.08. The summed E-state index contributed by atoms with van der Waals surface area (Å²) < 4.78 is 1.97. The van der Waals surface area contributed by atoms with Crippen molar-refractivity contribution < 1.29 is 14.7 Å². The predicted molar refractivity (Wildman–Crippen MR) is 181 cm³/mol. The Morgan fingerprint density at radius 3 is 2.42 bits per heavy atom. The van der Waals surface area contributed by atoms with Crippen molar-refractivity contribution in [3.8, 4) is 40.2 Å². The van der Waals surface area contributed by atoms with Gasteiger partial charge < -0.3 is 15.7 Å². The molecular weight excluding hydrogens is 604 g/mol. The molecule has 0 saturated carbocycles. The number of piperazine rings is 1. The maximum absolute atomic E-state index is 13.0. The van der Waals surface area contributed by atoms with E-state index in [1.165, 1.54) is 12.1 Å². The molecule has 1 aliphatic rings. The lowest BCUT2D eigenvalue weighted by atomic mass is 10.1. The Balaban J connectivity index is 1.14.